The lowest BCUT2D eigenvalue weighted by Gasteiger charge is -2.38. The third-order valence-electron chi connectivity index (χ3n) is 6.30. The number of anilines is 1. The predicted octanol–water partition coefficient (Wildman–Crippen LogP) is 5.35. The molecule has 0 aromatic heterocycles. The van der Waals surface area contributed by atoms with Crippen molar-refractivity contribution in [3.8, 4) is 11.5 Å². The van der Waals surface area contributed by atoms with Gasteiger partial charge in [-0.25, -0.2) is 0 Å². The molecule has 162 valence electrons. The minimum absolute atomic E-state index is 0.000574. The van der Waals surface area contributed by atoms with Crippen molar-refractivity contribution in [2.75, 3.05) is 19.1 Å². The molecule has 0 bridgehead atoms. The summed E-state index contributed by atoms with van der Waals surface area (Å²) in [7, 11) is 3.18. The number of benzene rings is 2. The first-order valence-corrected chi connectivity index (χ1v) is 10.9. The molecule has 0 N–H and O–H groups in total. The Balaban J connectivity index is 1.84. The number of allylic oxidation sites excluding steroid dienone is 2. The van der Waals surface area contributed by atoms with Crippen molar-refractivity contribution in [3.05, 3.63) is 64.9 Å². The number of carbonyl (C=O) groups is 2. The van der Waals surface area contributed by atoms with Gasteiger partial charge >= 0.3 is 0 Å². The molecule has 1 heterocycles. The maximum Gasteiger partial charge on any atom is 0.232 e. The highest BCUT2D eigenvalue weighted by Gasteiger charge is 2.41. The Kier molecular flexibility index (Phi) is 5.86. The number of ether oxygens (including phenoxy) is 2. The molecule has 1 unspecified atom stereocenters. The lowest BCUT2D eigenvalue weighted by Crippen LogP contribution is -2.40. The van der Waals surface area contributed by atoms with Crippen molar-refractivity contribution >= 4 is 17.4 Å². The van der Waals surface area contributed by atoms with Crippen LogP contribution in [0.25, 0.3) is 0 Å². The van der Waals surface area contributed by atoms with Crippen molar-refractivity contribution in [3.63, 3.8) is 0 Å². The van der Waals surface area contributed by atoms with Gasteiger partial charge in [-0.05, 0) is 42.5 Å². The van der Waals surface area contributed by atoms with Gasteiger partial charge in [0.15, 0.2) is 17.3 Å². The van der Waals surface area contributed by atoms with E-state index in [9.17, 15) is 9.59 Å². The van der Waals surface area contributed by atoms with E-state index in [0.717, 1.165) is 28.9 Å². The van der Waals surface area contributed by atoms with Gasteiger partial charge in [-0.3, -0.25) is 14.5 Å². The molecule has 5 nitrogen and oxygen atoms in total. The smallest absolute Gasteiger partial charge is 0.232 e. The van der Waals surface area contributed by atoms with Gasteiger partial charge in [0.1, 0.15) is 0 Å². The van der Waals surface area contributed by atoms with Crippen molar-refractivity contribution in [2.45, 2.75) is 51.4 Å². The van der Waals surface area contributed by atoms with Gasteiger partial charge in [-0.1, -0.05) is 38.1 Å². The number of ketones is 1. The molecule has 2 aromatic carbocycles. The standard InChI is InChI=1S/C26H29NO4/c1-16(2)17-11-13-18(14-12-17)27-21-8-6-9-22(28)25(21)20(15-24(27)29)19-7-5-10-23(30-3)26(19)31-4/h5,7,10-14,16,20H,6,8-9,15H2,1-4H3. The molecule has 1 atom stereocenters. The summed E-state index contributed by atoms with van der Waals surface area (Å²) >= 11 is 0. The Morgan fingerprint density at radius 3 is 2.35 bits per heavy atom. The molecule has 5 heteroatoms. The molecular weight excluding hydrogens is 390 g/mol. The van der Waals surface area contributed by atoms with Gasteiger partial charge in [-0.2, -0.15) is 0 Å². The topological polar surface area (TPSA) is 55.8 Å². The molecule has 31 heavy (non-hydrogen) atoms. The first-order chi connectivity index (χ1) is 15.0. The largest absolute Gasteiger partial charge is 0.493 e. The van der Waals surface area contributed by atoms with Crippen LogP contribution in [0.15, 0.2) is 53.7 Å². The van der Waals surface area contributed by atoms with E-state index in [4.69, 9.17) is 9.47 Å². The summed E-state index contributed by atoms with van der Waals surface area (Å²) in [5.74, 6) is 1.40. The number of para-hydroxylation sites is 1. The van der Waals surface area contributed by atoms with Crippen LogP contribution in [0.4, 0.5) is 5.69 Å². The van der Waals surface area contributed by atoms with Crippen LogP contribution < -0.4 is 14.4 Å². The zero-order valence-corrected chi connectivity index (χ0v) is 18.6. The first kappa shape index (κ1) is 21.2. The summed E-state index contributed by atoms with van der Waals surface area (Å²) < 4.78 is 11.1. The van der Waals surface area contributed by atoms with Crippen LogP contribution in [0.5, 0.6) is 11.5 Å². The highest BCUT2D eigenvalue weighted by atomic mass is 16.5. The van der Waals surface area contributed by atoms with E-state index >= 15 is 0 Å². The number of rotatable bonds is 5. The van der Waals surface area contributed by atoms with Crippen molar-refractivity contribution in [1.82, 2.24) is 0 Å². The van der Waals surface area contributed by atoms with Gasteiger partial charge < -0.3 is 9.47 Å². The lowest BCUT2D eigenvalue weighted by atomic mass is 9.76. The summed E-state index contributed by atoms with van der Waals surface area (Å²) in [5, 5.41) is 0. The van der Waals surface area contributed by atoms with Gasteiger partial charge in [0.25, 0.3) is 0 Å². The second-order valence-electron chi connectivity index (χ2n) is 8.45. The summed E-state index contributed by atoms with van der Waals surface area (Å²) in [5.41, 5.74) is 4.45. The molecule has 0 fully saturated rings. The van der Waals surface area contributed by atoms with E-state index in [0.29, 0.717) is 30.3 Å². The number of carbonyl (C=O) groups excluding carboxylic acids is 2. The lowest BCUT2D eigenvalue weighted by molar-refractivity contribution is -0.119. The van der Waals surface area contributed by atoms with Crippen LogP contribution in [0.1, 0.15) is 62.5 Å². The van der Waals surface area contributed by atoms with Crippen molar-refractivity contribution in [1.29, 1.82) is 0 Å². The van der Waals surface area contributed by atoms with E-state index < -0.39 is 0 Å². The number of hydrogen-bond acceptors (Lipinski definition) is 4. The first-order valence-electron chi connectivity index (χ1n) is 10.9. The molecular formula is C26H29NO4. The van der Waals surface area contributed by atoms with Gasteiger partial charge in [0.05, 0.1) is 14.2 Å². The quantitative estimate of drug-likeness (QED) is 0.655. The van der Waals surface area contributed by atoms with E-state index in [-0.39, 0.29) is 24.0 Å². The van der Waals surface area contributed by atoms with Crippen LogP contribution >= 0.6 is 0 Å². The van der Waals surface area contributed by atoms with Gasteiger partial charge in [0, 0.05) is 41.3 Å². The SMILES string of the molecule is COc1cccc(C2CC(=O)N(c3ccc(C(C)C)cc3)C3=C2C(=O)CCC3)c1OC. The molecule has 0 radical (unpaired) electrons. The van der Waals surface area contributed by atoms with Crippen LogP contribution in [0.2, 0.25) is 0 Å². The summed E-state index contributed by atoms with van der Waals surface area (Å²) in [6, 6.07) is 13.7. The molecule has 1 aliphatic heterocycles. The van der Waals surface area contributed by atoms with E-state index in [1.807, 2.05) is 30.3 Å². The molecule has 2 aliphatic rings. The minimum Gasteiger partial charge on any atom is -0.493 e. The van der Waals surface area contributed by atoms with E-state index in [1.54, 1.807) is 19.1 Å². The van der Waals surface area contributed by atoms with Crippen molar-refractivity contribution in [2.24, 2.45) is 0 Å². The Morgan fingerprint density at radius 1 is 0.968 bits per heavy atom. The molecule has 1 amide bonds. The van der Waals surface area contributed by atoms with Gasteiger partial charge in [-0.15, -0.1) is 0 Å². The normalized spacial score (nSPS) is 19.0. The molecule has 0 spiro atoms. The number of Topliss-reactive ketones (excluding diaryl/α,β-unsaturated/α-hetero) is 1. The van der Waals surface area contributed by atoms with Crippen molar-refractivity contribution < 1.29 is 19.1 Å². The molecule has 1 aliphatic carbocycles. The number of amides is 1. The second-order valence-corrected chi connectivity index (χ2v) is 8.45. The predicted molar refractivity (Wildman–Crippen MR) is 121 cm³/mol. The average Bonchev–Trinajstić information content (AvgIpc) is 2.78. The zero-order valence-electron chi connectivity index (χ0n) is 18.6. The Bertz CT molecular complexity index is 1040. The highest BCUT2D eigenvalue weighted by molar-refractivity contribution is 6.07. The highest BCUT2D eigenvalue weighted by Crippen LogP contribution is 2.47. The Hall–Kier alpha value is -3.08. The fraction of sp³-hybridized carbons (Fsp3) is 0.385. The summed E-state index contributed by atoms with van der Waals surface area (Å²) in [4.78, 5) is 28.3. The molecule has 0 saturated heterocycles. The third kappa shape index (κ3) is 3.73. The van der Waals surface area contributed by atoms with Crippen LogP contribution in [0, 0.1) is 0 Å². The zero-order chi connectivity index (χ0) is 22.1. The molecule has 4 rings (SSSR count). The fourth-order valence-electron chi connectivity index (χ4n) is 4.75. The van der Waals surface area contributed by atoms with Crippen LogP contribution in [-0.2, 0) is 9.59 Å². The maximum atomic E-state index is 13.4. The summed E-state index contributed by atoms with van der Waals surface area (Å²) in [6.45, 7) is 4.29. The maximum absolute atomic E-state index is 13.4. The number of hydrogen-bond donors (Lipinski definition) is 0. The van der Waals surface area contributed by atoms with Gasteiger partial charge in [0.2, 0.25) is 5.91 Å². The third-order valence-corrected chi connectivity index (χ3v) is 6.30. The second kappa shape index (κ2) is 8.58. The van der Waals surface area contributed by atoms with Crippen LogP contribution in [-0.4, -0.2) is 25.9 Å². The van der Waals surface area contributed by atoms with E-state index in [2.05, 4.69) is 26.0 Å². The summed E-state index contributed by atoms with van der Waals surface area (Å²) in [6.07, 6.45) is 2.20. The fourth-order valence-corrected chi connectivity index (χ4v) is 4.75. The Morgan fingerprint density at radius 2 is 1.71 bits per heavy atom. The minimum atomic E-state index is -0.327. The Labute approximate surface area is 183 Å². The molecule has 0 saturated carbocycles. The molecule has 2 aromatic rings. The van der Waals surface area contributed by atoms with Crippen LogP contribution in [0.3, 0.4) is 0 Å². The number of nitrogens with zero attached hydrogens (tertiary/aromatic N) is 1. The number of methoxy groups -OCH3 is 2. The van der Waals surface area contributed by atoms with E-state index in [1.165, 1.54) is 5.56 Å². The monoisotopic (exact) mass is 419 g/mol. The average molecular weight is 420 g/mol.